The van der Waals surface area contributed by atoms with Gasteiger partial charge in [0, 0.05) is 22.9 Å². The van der Waals surface area contributed by atoms with E-state index < -0.39 is 0 Å². The molecule has 1 aliphatic heterocycles. The number of benzene rings is 3. The summed E-state index contributed by atoms with van der Waals surface area (Å²) in [6.45, 7) is 0. The fourth-order valence-electron chi connectivity index (χ4n) is 5.62. The number of aromatic nitrogens is 4. The maximum absolute atomic E-state index is 6.66. The van der Waals surface area contributed by atoms with Gasteiger partial charge in [0.05, 0.1) is 27.3 Å². The van der Waals surface area contributed by atoms with Gasteiger partial charge in [-0.1, -0.05) is 48.5 Å². The van der Waals surface area contributed by atoms with Crippen molar-refractivity contribution in [1.82, 2.24) is 19.5 Å². The summed E-state index contributed by atoms with van der Waals surface area (Å²) in [5.74, 6) is 1.66. The van der Waals surface area contributed by atoms with E-state index in [0.717, 1.165) is 73.6 Å². The molecule has 1 fully saturated rings. The van der Waals surface area contributed by atoms with E-state index in [1.54, 1.807) is 11.3 Å². The zero-order valence-electron chi connectivity index (χ0n) is 20.6. The zero-order valence-corrected chi connectivity index (χ0v) is 21.4. The van der Waals surface area contributed by atoms with Crippen LogP contribution in [0.25, 0.3) is 49.3 Å². The SMILES string of the molecule is NC1(c2ccc(-c3c(-c4nc5ccccc5s4)nc4n3-c3cccnc3Nc3ccccc3-4)cc2)CCC1. The average Bonchev–Trinajstić information content (AvgIpc) is 3.51. The number of nitrogens with one attached hydrogen (secondary N) is 1. The van der Waals surface area contributed by atoms with Gasteiger partial charge in [0.2, 0.25) is 0 Å². The first-order valence-corrected chi connectivity index (χ1v) is 13.7. The Morgan fingerprint density at radius 3 is 2.50 bits per heavy atom. The Morgan fingerprint density at radius 1 is 0.868 bits per heavy atom. The molecule has 7 heteroatoms. The largest absolute Gasteiger partial charge is 0.338 e. The van der Waals surface area contributed by atoms with Gasteiger partial charge in [-0.05, 0) is 61.2 Å². The minimum atomic E-state index is -0.206. The number of anilines is 2. The molecule has 3 aromatic heterocycles. The molecule has 38 heavy (non-hydrogen) atoms. The second-order valence-corrected chi connectivity index (χ2v) is 11.1. The molecule has 1 saturated carbocycles. The maximum Gasteiger partial charge on any atom is 0.154 e. The molecule has 3 aromatic carbocycles. The monoisotopic (exact) mass is 512 g/mol. The fraction of sp³-hybridized carbons (Fsp3) is 0.129. The van der Waals surface area contributed by atoms with Gasteiger partial charge in [0.1, 0.15) is 16.5 Å². The molecule has 3 N–H and O–H groups in total. The van der Waals surface area contributed by atoms with E-state index in [2.05, 4.69) is 70.5 Å². The number of imidazole rings is 1. The van der Waals surface area contributed by atoms with E-state index in [1.165, 1.54) is 12.0 Å². The Labute approximate surface area is 223 Å². The number of nitrogens with zero attached hydrogens (tertiary/aromatic N) is 4. The standard InChI is InChI=1S/C31H24N6S/c32-31(16-6-17-31)20-14-12-19(13-15-20)27-26(30-35-23-9-3-4-11-25(23)38-30)36-29-21-7-1-2-8-22(21)34-28-24(37(27)29)10-5-18-33-28/h1-5,7-15,18H,6,16-17,32H2,(H,33,34). The van der Waals surface area contributed by atoms with Crippen LogP contribution in [0.2, 0.25) is 0 Å². The number of hydrogen-bond acceptors (Lipinski definition) is 6. The lowest BCUT2D eigenvalue weighted by atomic mass is 9.72. The van der Waals surface area contributed by atoms with Crippen LogP contribution in [0.4, 0.5) is 11.5 Å². The second kappa shape index (κ2) is 8.08. The summed E-state index contributed by atoms with van der Waals surface area (Å²) in [7, 11) is 0. The third-order valence-electron chi connectivity index (χ3n) is 7.80. The molecule has 184 valence electrons. The molecular formula is C31H24N6S. The first-order chi connectivity index (χ1) is 18.7. The lowest BCUT2D eigenvalue weighted by Gasteiger charge is -2.38. The van der Waals surface area contributed by atoms with Crippen LogP contribution in [0.15, 0.2) is 91.1 Å². The van der Waals surface area contributed by atoms with Crippen LogP contribution in [0, 0.1) is 0 Å². The molecular weight excluding hydrogens is 488 g/mol. The number of thiazole rings is 1. The molecule has 4 heterocycles. The van der Waals surface area contributed by atoms with Crippen molar-refractivity contribution in [3.05, 3.63) is 96.7 Å². The maximum atomic E-state index is 6.66. The van der Waals surface area contributed by atoms with Crippen molar-refractivity contribution in [2.45, 2.75) is 24.8 Å². The zero-order chi connectivity index (χ0) is 25.3. The molecule has 6 aromatic rings. The fourth-order valence-corrected chi connectivity index (χ4v) is 6.58. The summed E-state index contributed by atoms with van der Waals surface area (Å²) >= 11 is 1.67. The smallest absolute Gasteiger partial charge is 0.154 e. The van der Waals surface area contributed by atoms with Crippen LogP contribution in [0.5, 0.6) is 0 Å². The highest BCUT2D eigenvalue weighted by Gasteiger charge is 2.35. The van der Waals surface area contributed by atoms with E-state index in [0.29, 0.717) is 0 Å². The predicted molar refractivity (Wildman–Crippen MR) is 154 cm³/mol. The minimum absolute atomic E-state index is 0.206. The van der Waals surface area contributed by atoms with Crippen molar-refractivity contribution in [3.63, 3.8) is 0 Å². The number of nitrogens with two attached hydrogens (primary N) is 1. The molecule has 8 rings (SSSR count). The third-order valence-corrected chi connectivity index (χ3v) is 8.84. The van der Waals surface area contributed by atoms with Crippen molar-refractivity contribution < 1.29 is 0 Å². The first-order valence-electron chi connectivity index (χ1n) is 12.9. The molecule has 1 aliphatic carbocycles. The molecule has 0 radical (unpaired) electrons. The van der Waals surface area contributed by atoms with E-state index in [4.69, 9.17) is 20.7 Å². The normalized spacial score (nSPS) is 15.1. The van der Waals surface area contributed by atoms with Crippen LogP contribution < -0.4 is 11.1 Å². The molecule has 0 atom stereocenters. The van der Waals surface area contributed by atoms with Crippen LogP contribution in [0.3, 0.4) is 0 Å². The molecule has 6 nitrogen and oxygen atoms in total. The van der Waals surface area contributed by atoms with E-state index >= 15 is 0 Å². The highest BCUT2D eigenvalue weighted by atomic mass is 32.1. The number of pyridine rings is 1. The van der Waals surface area contributed by atoms with E-state index in [1.807, 2.05) is 30.5 Å². The van der Waals surface area contributed by atoms with Gasteiger partial charge < -0.3 is 11.1 Å². The van der Waals surface area contributed by atoms with Crippen molar-refractivity contribution in [1.29, 1.82) is 0 Å². The predicted octanol–water partition coefficient (Wildman–Crippen LogP) is 7.27. The first kappa shape index (κ1) is 21.7. The van der Waals surface area contributed by atoms with Crippen molar-refractivity contribution in [3.8, 4) is 39.0 Å². The highest BCUT2D eigenvalue weighted by molar-refractivity contribution is 7.21. The van der Waals surface area contributed by atoms with Crippen LogP contribution in [-0.2, 0) is 5.54 Å². The number of para-hydroxylation sites is 2. The third kappa shape index (κ3) is 3.19. The van der Waals surface area contributed by atoms with Gasteiger partial charge in [-0.2, -0.15) is 0 Å². The van der Waals surface area contributed by atoms with Crippen molar-refractivity contribution in [2.24, 2.45) is 5.73 Å². The highest BCUT2D eigenvalue weighted by Crippen LogP contribution is 2.46. The Hall–Kier alpha value is -4.33. The lowest BCUT2D eigenvalue weighted by Crippen LogP contribution is -2.43. The Kier molecular flexibility index (Phi) is 4.62. The minimum Gasteiger partial charge on any atom is -0.338 e. The molecule has 0 amide bonds. The lowest BCUT2D eigenvalue weighted by molar-refractivity contribution is 0.253. The number of hydrogen-bond donors (Lipinski definition) is 2. The van der Waals surface area contributed by atoms with Gasteiger partial charge in [-0.15, -0.1) is 11.3 Å². The van der Waals surface area contributed by atoms with Gasteiger partial charge >= 0.3 is 0 Å². The second-order valence-electron chi connectivity index (χ2n) is 10.1. The van der Waals surface area contributed by atoms with Crippen LogP contribution in [0.1, 0.15) is 24.8 Å². The topological polar surface area (TPSA) is 81.7 Å². The number of rotatable bonds is 3. The van der Waals surface area contributed by atoms with E-state index in [-0.39, 0.29) is 5.54 Å². The summed E-state index contributed by atoms with van der Waals surface area (Å²) < 4.78 is 3.38. The van der Waals surface area contributed by atoms with Gasteiger partial charge in [0.15, 0.2) is 5.82 Å². The summed E-state index contributed by atoms with van der Waals surface area (Å²) in [6, 6.07) is 29.3. The van der Waals surface area contributed by atoms with Crippen molar-refractivity contribution in [2.75, 3.05) is 5.32 Å². The Bertz CT molecular complexity index is 1810. The summed E-state index contributed by atoms with van der Waals surface area (Å²) in [5, 5.41) is 4.44. The average molecular weight is 513 g/mol. The van der Waals surface area contributed by atoms with Crippen LogP contribution >= 0.6 is 11.3 Å². The molecule has 2 aliphatic rings. The van der Waals surface area contributed by atoms with Crippen LogP contribution in [-0.4, -0.2) is 19.5 Å². The Balaban J connectivity index is 1.44. The quantitative estimate of drug-likeness (QED) is 0.260. The summed E-state index contributed by atoms with van der Waals surface area (Å²) in [5.41, 5.74) is 14.5. The molecule has 0 saturated heterocycles. The summed E-state index contributed by atoms with van der Waals surface area (Å²) in [4.78, 5) is 15.0. The van der Waals surface area contributed by atoms with Gasteiger partial charge in [0.25, 0.3) is 0 Å². The summed E-state index contributed by atoms with van der Waals surface area (Å²) in [6.07, 6.45) is 5.07. The molecule has 0 bridgehead atoms. The molecule has 0 spiro atoms. The van der Waals surface area contributed by atoms with E-state index in [9.17, 15) is 0 Å². The van der Waals surface area contributed by atoms with Gasteiger partial charge in [-0.3, -0.25) is 4.57 Å². The number of fused-ring (bicyclic) bond motifs is 6. The van der Waals surface area contributed by atoms with Gasteiger partial charge in [-0.25, -0.2) is 15.0 Å². The Morgan fingerprint density at radius 2 is 1.68 bits per heavy atom. The molecule has 0 unspecified atom stereocenters. The van der Waals surface area contributed by atoms with Crippen molar-refractivity contribution >= 4 is 33.1 Å².